The average Bonchev–Trinajstić information content (AvgIpc) is 2.61. The summed E-state index contributed by atoms with van der Waals surface area (Å²) in [7, 11) is 0. The number of hydrogen-bond donors (Lipinski definition) is 2. The van der Waals surface area contributed by atoms with Gasteiger partial charge in [0, 0.05) is 6.54 Å². The molecule has 100 valence electrons. The van der Waals surface area contributed by atoms with E-state index in [1.165, 1.54) is 6.07 Å². The zero-order chi connectivity index (χ0) is 14.0. The van der Waals surface area contributed by atoms with Crippen LogP contribution in [-0.4, -0.2) is 42.4 Å². The number of Topliss-reactive ketones (excluding diaryl/α,β-unsaturated/α-hetero) is 1. The number of anilines is 1. The van der Waals surface area contributed by atoms with Gasteiger partial charge >= 0.3 is 0 Å². The summed E-state index contributed by atoms with van der Waals surface area (Å²) in [6.45, 7) is -0.574. The largest absolute Gasteiger partial charge is 0.395 e. The minimum absolute atomic E-state index is 0.0464. The van der Waals surface area contributed by atoms with E-state index in [-0.39, 0.29) is 30.9 Å². The number of amides is 2. The van der Waals surface area contributed by atoms with Crippen molar-refractivity contribution in [1.82, 2.24) is 5.32 Å². The Bertz CT molecular complexity index is 559. The number of aliphatic hydroxyl groups excluding tert-OH is 1. The minimum atomic E-state index is -0.861. The molecule has 0 aromatic heterocycles. The lowest BCUT2D eigenvalue weighted by atomic mass is 10.1. The van der Waals surface area contributed by atoms with Crippen LogP contribution in [0.25, 0.3) is 0 Å². The molecule has 1 aliphatic heterocycles. The summed E-state index contributed by atoms with van der Waals surface area (Å²) in [5, 5.41) is 10.9. The third-order valence-electron chi connectivity index (χ3n) is 2.67. The molecule has 1 aromatic rings. The van der Waals surface area contributed by atoms with E-state index in [9.17, 15) is 18.8 Å². The number of aliphatic hydroxyl groups is 1. The molecule has 19 heavy (non-hydrogen) atoms. The molecule has 0 unspecified atom stereocenters. The molecule has 2 amide bonds. The van der Waals surface area contributed by atoms with Gasteiger partial charge in [0.05, 0.1) is 17.9 Å². The van der Waals surface area contributed by atoms with Crippen LogP contribution in [0.2, 0.25) is 0 Å². The SMILES string of the molecule is O=C(CN1C(=O)C(=O)c2ccc(F)cc21)NCCO. The van der Waals surface area contributed by atoms with Crippen molar-refractivity contribution in [2.75, 3.05) is 24.6 Å². The molecule has 0 atom stereocenters. The Kier molecular flexibility index (Phi) is 3.57. The Labute approximate surface area is 107 Å². The molecule has 1 heterocycles. The van der Waals surface area contributed by atoms with E-state index in [1.54, 1.807) is 0 Å². The van der Waals surface area contributed by atoms with Crippen LogP contribution < -0.4 is 10.2 Å². The number of halogens is 1. The predicted octanol–water partition coefficient (Wildman–Crippen LogP) is -0.537. The van der Waals surface area contributed by atoms with Gasteiger partial charge in [0.2, 0.25) is 5.91 Å². The van der Waals surface area contributed by atoms with Crippen molar-refractivity contribution in [3.63, 3.8) is 0 Å². The second-order valence-corrected chi connectivity index (χ2v) is 3.96. The van der Waals surface area contributed by atoms with Crippen LogP contribution in [0.5, 0.6) is 0 Å². The highest BCUT2D eigenvalue weighted by molar-refractivity contribution is 6.52. The minimum Gasteiger partial charge on any atom is -0.395 e. The van der Waals surface area contributed by atoms with Gasteiger partial charge in [-0.2, -0.15) is 0 Å². The number of benzene rings is 1. The lowest BCUT2D eigenvalue weighted by molar-refractivity contribution is -0.122. The summed E-state index contributed by atoms with van der Waals surface area (Å²) in [5.41, 5.74) is 0.176. The fraction of sp³-hybridized carbons (Fsp3) is 0.250. The summed E-state index contributed by atoms with van der Waals surface area (Å²) < 4.78 is 13.1. The highest BCUT2D eigenvalue weighted by Crippen LogP contribution is 2.29. The molecule has 0 bridgehead atoms. The first kappa shape index (κ1) is 13.2. The molecule has 2 N–H and O–H groups in total. The molecule has 7 heteroatoms. The van der Waals surface area contributed by atoms with Gasteiger partial charge in [-0.1, -0.05) is 0 Å². The maximum absolute atomic E-state index is 13.1. The highest BCUT2D eigenvalue weighted by Gasteiger charge is 2.36. The van der Waals surface area contributed by atoms with Gasteiger partial charge in [-0.25, -0.2) is 4.39 Å². The van der Waals surface area contributed by atoms with Crippen molar-refractivity contribution in [2.45, 2.75) is 0 Å². The lowest BCUT2D eigenvalue weighted by Crippen LogP contribution is -2.40. The molecule has 1 aliphatic rings. The summed E-state index contributed by atoms with van der Waals surface area (Å²) in [6.07, 6.45) is 0. The third kappa shape index (κ3) is 2.45. The molecule has 0 radical (unpaired) electrons. The second kappa shape index (κ2) is 5.15. The van der Waals surface area contributed by atoms with Crippen LogP contribution in [-0.2, 0) is 9.59 Å². The normalized spacial score (nSPS) is 13.7. The molecule has 0 saturated carbocycles. The zero-order valence-corrected chi connectivity index (χ0v) is 9.85. The number of ketones is 1. The molecule has 0 aliphatic carbocycles. The number of carbonyl (C=O) groups is 3. The summed E-state index contributed by atoms with van der Waals surface area (Å²) in [4.78, 5) is 35.7. The van der Waals surface area contributed by atoms with Crippen LogP contribution in [0.1, 0.15) is 10.4 Å². The molecule has 0 fully saturated rings. The Balaban J connectivity index is 2.23. The van der Waals surface area contributed by atoms with Gasteiger partial charge in [0.25, 0.3) is 11.7 Å². The second-order valence-electron chi connectivity index (χ2n) is 3.96. The Morgan fingerprint density at radius 2 is 2.11 bits per heavy atom. The molecule has 1 aromatic carbocycles. The summed E-state index contributed by atoms with van der Waals surface area (Å²) in [5.74, 6) is -2.75. The van der Waals surface area contributed by atoms with Crippen LogP contribution in [0, 0.1) is 5.82 Å². The number of nitrogens with zero attached hydrogens (tertiary/aromatic N) is 1. The number of carbonyl (C=O) groups excluding carboxylic acids is 3. The summed E-state index contributed by atoms with van der Waals surface area (Å²) in [6, 6.07) is 3.34. The first-order chi connectivity index (χ1) is 9.04. The molecular weight excluding hydrogens is 255 g/mol. The van der Waals surface area contributed by atoms with Gasteiger partial charge < -0.3 is 10.4 Å². The monoisotopic (exact) mass is 266 g/mol. The molecular formula is C12H11FN2O4. The van der Waals surface area contributed by atoms with Crippen molar-refractivity contribution in [1.29, 1.82) is 0 Å². The van der Waals surface area contributed by atoms with Crippen LogP contribution in [0.3, 0.4) is 0 Å². The number of fused-ring (bicyclic) bond motifs is 1. The van der Waals surface area contributed by atoms with E-state index in [1.807, 2.05) is 0 Å². The van der Waals surface area contributed by atoms with E-state index >= 15 is 0 Å². The molecule has 0 saturated heterocycles. The number of hydrogen-bond acceptors (Lipinski definition) is 4. The first-order valence-corrected chi connectivity index (χ1v) is 5.58. The van der Waals surface area contributed by atoms with E-state index < -0.39 is 23.4 Å². The molecule has 6 nitrogen and oxygen atoms in total. The van der Waals surface area contributed by atoms with E-state index in [2.05, 4.69) is 5.32 Å². The topological polar surface area (TPSA) is 86.7 Å². The Morgan fingerprint density at radius 1 is 1.37 bits per heavy atom. The number of rotatable bonds is 4. The van der Waals surface area contributed by atoms with Gasteiger partial charge in [0.15, 0.2) is 0 Å². The van der Waals surface area contributed by atoms with Crippen LogP contribution in [0.15, 0.2) is 18.2 Å². The zero-order valence-electron chi connectivity index (χ0n) is 9.85. The maximum Gasteiger partial charge on any atom is 0.299 e. The van der Waals surface area contributed by atoms with Gasteiger partial charge in [0.1, 0.15) is 12.4 Å². The van der Waals surface area contributed by atoms with E-state index in [4.69, 9.17) is 5.11 Å². The maximum atomic E-state index is 13.1. The first-order valence-electron chi connectivity index (χ1n) is 5.58. The lowest BCUT2D eigenvalue weighted by Gasteiger charge is -2.15. The molecule has 2 rings (SSSR count). The van der Waals surface area contributed by atoms with Crippen molar-refractivity contribution in [3.8, 4) is 0 Å². The van der Waals surface area contributed by atoms with E-state index in [0.717, 1.165) is 17.0 Å². The fourth-order valence-electron chi connectivity index (χ4n) is 1.82. The highest BCUT2D eigenvalue weighted by atomic mass is 19.1. The number of nitrogens with one attached hydrogen (secondary N) is 1. The van der Waals surface area contributed by atoms with Crippen LogP contribution >= 0.6 is 0 Å². The van der Waals surface area contributed by atoms with E-state index in [0.29, 0.717) is 0 Å². The smallest absolute Gasteiger partial charge is 0.299 e. The summed E-state index contributed by atoms with van der Waals surface area (Å²) >= 11 is 0. The van der Waals surface area contributed by atoms with Gasteiger partial charge in [-0.05, 0) is 18.2 Å². The molecule has 0 spiro atoms. The Hall–Kier alpha value is -2.28. The average molecular weight is 266 g/mol. The van der Waals surface area contributed by atoms with Crippen LogP contribution in [0.4, 0.5) is 10.1 Å². The standard InChI is InChI=1S/C12H11FN2O4/c13-7-1-2-8-9(5-7)15(12(19)11(8)18)6-10(17)14-3-4-16/h1-2,5,16H,3-4,6H2,(H,14,17). The predicted molar refractivity (Wildman–Crippen MR) is 63.2 cm³/mol. The fourth-order valence-corrected chi connectivity index (χ4v) is 1.82. The van der Waals surface area contributed by atoms with Gasteiger partial charge in [-0.15, -0.1) is 0 Å². The quantitative estimate of drug-likeness (QED) is 0.717. The van der Waals surface area contributed by atoms with Crippen molar-refractivity contribution in [2.24, 2.45) is 0 Å². The third-order valence-corrected chi connectivity index (χ3v) is 2.67. The van der Waals surface area contributed by atoms with Crippen molar-refractivity contribution < 1.29 is 23.9 Å². The van der Waals surface area contributed by atoms with Gasteiger partial charge in [-0.3, -0.25) is 19.3 Å². The van der Waals surface area contributed by atoms with Crippen molar-refractivity contribution in [3.05, 3.63) is 29.6 Å². The van der Waals surface area contributed by atoms with Crippen molar-refractivity contribution >= 4 is 23.3 Å². The Morgan fingerprint density at radius 3 is 2.79 bits per heavy atom.